The fourth-order valence-electron chi connectivity index (χ4n) is 10.7. The minimum absolute atomic E-state index is 0.273. The first-order valence-corrected chi connectivity index (χ1v) is 19.8. The molecule has 6 bridgehead atoms. The molecule has 0 saturated heterocycles. The molecule has 4 aliphatic carbocycles. The third kappa shape index (κ3) is 4.26. The van der Waals surface area contributed by atoms with E-state index in [2.05, 4.69) is 217 Å². The van der Waals surface area contributed by atoms with Crippen LogP contribution in [0.5, 0.6) is 0 Å². The minimum Gasteiger partial charge on any atom is -0.310 e. The van der Waals surface area contributed by atoms with E-state index in [9.17, 15) is 0 Å². The Labute approximate surface area is 328 Å². The van der Waals surface area contributed by atoms with Crippen LogP contribution in [0.2, 0.25) is 0 Å². The van der Waals surface area contributed by atoms with Crippen LogP contribution in [0.15, 0.2) is 212 Å². The van der Waals surface area contributed by atoms with Gasteiger partial charge < -0.3 is 4.90 Å². The Kier molecular flexibility index (Phi) is 6.74. The Morgan fingerprint density at radius 1 is 0.393 bits per heavy atom. The lowest BCUT2D eigenvalue weighted by molar-refractivity contribution is 0.758. The van der Waals surface area contributed by atoms with Crippen molar-refractivity contribution in [3.05, 3.63) is 251 Å². The smallest absolute Gasteiger partial charge is 0.0714 e. The molecule has 1 nitrogen and oxygen atoms in total. The molecule has 0 spiro atoms. The van der Waals surface area contributed by atoms with Crippen LogP contribution in [0.1, 0.15) is 50.8 Å². The number of hydrogen-bond donors (Lipinski definition) is 0. The molecule has 262 valence electrons. The topological polar surface area (TPSA) is 3.24 Å². The second kappa shape index (κ2) is 12.0. The van der Waals surface area contributed by atoms with Gasteiger partial charge in [-0.25, -0.2) is 0 Å². The highest BCUT2D eigenvalue weighted by Gasteiger charge is 2.46. The van der Waals surface area contributed by atoms with E-state index in [0.717, 1.165) is 17.1 Å². The third-order valence-corrected chi connectivity index (χ3v) is 12.9. The number of rotatable bonds is 5. The number of hydrogen-bond acceptors (Lipinski definition) is 1. The van der Waals surface area contributed by atoms with Crippen LogP contribution in [0.3, 0.4) is 0 Å². The van der Waals surface area contributed by atoms with Crippen molar-refractivity contribution in [3.63, 3.8) is 0 Å². The van der Waals surface area contributed by atoms with Gasteiger partial charge in [0.05, 0.1) is 5.41 Å². The monoisotopic (exact) mass is 711 g/mol. The second-order valence-corrected chi connectivity index (χ2v) is 15.5. The largest absolute Gasteiger partial charge is 0.310 e. The summed E-state index contributed by atoms with van der Waals surface area (Å²) < 4.78 is 0. The first-order chi connectivity index (χ1) is 27.8. The van der Waals surface area contributed by atoms with Crippen molar-refractivity contribution in [2.45, 2.75) is 17.3 Å². The number of nitrogens with zero attached hydrogens (tertiary/aromatic N) is 1. The molecule has 0 saturated carbocycles. The standard InChI is InChI=1S/C55H37N/c1-4-16-36(17-5-1)55(37-18-6-2-7-19-37)51-29-13-12-23-43(51)44-33-31-40(35-52(44)55)56(38-20-8-3-9-21-38)39-30-32-42-47-26-15-27-48-49-28-14-25-46(54(49)50(42)34-39)41-22-10-11-24-45(41)53(47)48/h1-35,48,53H. The van der Waals surface area contributed by atoms with Crippen LogP contribution in [0.4, 0.5) is 17.1 Å². The lowest BCUT2D eigenvalue weighted by Gasteiger charge is -2.35. The molecule has 1 heteroatoms. The van der Waals surface area contributed by atoms with Crippen LogP contribution in [-0.2, 0) is 5.41 Å². The fraction of sp³-hybridized carbons (Fsp3) is 0.0545. The first kappa shape index (κ1) is 31.4. The SMILES string of the molecule is C1=CC2c3cccc4c3-c3cc(N(c5ccccc5)c5ccc6c(c5)C(c5ccccc5)(c5ccccc5)c5ccccc5-6)ccc3C(=C1)C2c1ccccc1-4. The average molecular weight is 712 g/mol. The Bertz CT molecular complexity index is 2880. The van der Waals surface area contributed by atoms with Gasteiger partial charge in [0.2, 0.25) is 0 Å². The van der Waals surface area contributed by atoms with Gasteiger partial charge in [0.1, 0.15) is 0 Å². The van der Waals surface area contributed by atoms with Crippen LogP contribution < -0.4 is 4.90 Å². The first-order valence-electron chi connectivity index (χ1n) is 19.8. The summed E-state index contributed by atoms with van der Waals surface area (Å²) in [5, 5.41) is 0. The average Bonchev–Trinajstić information content (AvgIpc) is 3.51. The molecule has 12 rings (SSSR count). The highest BCUT2D eigenvalue weighted by molar-refractivity contribution is 6.01. The number of anilines is 3. The Hall–Kier alpha value is -6.96. The minimum atomic E-state index is -0.481. The highest BCUT2D eigenvalue weighted by atomic mass is 15.1. The summed E-state index contributed by atoms with van der Waals surface area (Å²) in [6.45, 7) is 0. The Morgan fingerprint density at radius 3 is 1.75 bits per heavy atom. The molecule has 4 aliphatic rings. The molecule has 0 fully saturated rings. The molecule has 2 unspecified atom stereocenters. The zero-order chi connectivity index (χ0) is 36.8. The zero-order valence-corrected chi connectivity index (χ0v) is 30.8. The van der Waals surface area contributed by atoms with Gasteiger partial charge in [-0.2, -0.15) is 0 Å². The molecule has 0 heterocycles. The number of para-hydroxylation sites is 1. The molecule has 0 N–H and O–H groups in total. The zero-order valence-electron chi connectivity index (χ0n) is 30.8. The summed E-state index contributed by atoms with van der Waals surface area (Å²) in [5.74, 6) is 0.562. The van der Waals surface area contributed by atoms with Gasteiger partial charge in [-0.05, 0) is 114 Å². The predicted molar refractivity (Wildman–Crippen MR) is 232 cm³/mol. The van der Waals surface area contributed by atoms with Crippen molar-refractivity contribution in [2.75, 3.05) is 4.90 Å². The predicted octanol–water partition coefficient (Wildman–Crippen LogP) is 14.0. The number of fused-ring (bicyclic) bond motifs is 7. The lowest BCUT2D eigenvalue weighted by Crippen LogP contribution is -2.28. The molecule has 8 aromatic rings. The van der Waals surface area contributed by atoms with Crippen molar-refractivity contribution >= 4 is 22.6 Å². The van der Waals surface area contributed by atoms with Gasteiger partial charge in [0, 0.05) is 28.9 Å². The third-order valence-electron chi connectivity index (χ3n) is 12.9. The van der Waals surface area contributed by atoms with Crippen LogP contribution in [0, 0.1) is 0 Å². The highest BCUT2D eigenvalue weighted by Crippen LogP contribution is 2.61. The summed E-state index contributed by atoms with van der Waals surface area (Å²) in [4.78, 5) is 2.47. The summed E-state index contributed by atoms with van der Waals surface area (Å²) in [7, 11) is 0. The summed E-state index contributed by atoms with van der Waals surface area (Å²) >= 11 is 0. The summed E-state index contributed by atoms with van der Waals surface area (Å²) in [6.07, 6.45) is 7.08. The van der Waals surface area contributed by atoms with Crippen LogP contribution >= 0.6 is 0 Å². The molecule has 0 aromatic heterocycles. The van der Waals surface area contributed by atoms with E-state index in [1.54, 1.807) is 0 Å². The van der Waals surface area contributed by atoms with Gasteiger partial charge in [-0.1, -0.05) is 176 Å². The van der Waals surface area contributed by atoms with Crippen molar-refractivity contribution in [1.82, 2.24) is 0 Å². The maximum absolute atomic E-state index is 2.47. The molecule has 56 heavy (non-hydrogen) atoms. The summed E-state index contributed by atoms with van der Waals surface area (Å²) in [5.41, 5.74) is 21.6. The quantitative estimate of drug-likeness (QED) is 0.172. The number of benzene rings is 8. The van der Waals surface area contributed by atoms with Gasteiger partial charge in [-0.15, -0.1) is 0 Å². The molecular weight excluding hydrogens is 675 g/mol. The fourth-order valence-corrected chi connectivity index (χ4v) is 10.7. The second-order valence-electron chi connectivity index (χ2n) is 15.5. The van der Waals surface area contributed by atoms with Gasteiger partial charge in [0.25, 0.3) is 0 Å². The van der Waals surface area contributed by atoms with Gasteiger partial charge in [0.15, 0.2) is 0 Å². The van der Waals surface area contributed by atoms with Crippen molar-refractivity contribution < 1.29 is 0 Å². The molecule has 2 atom stereocenters. The van der Waals surface area contributed by atoms with E-state index in [1.807, 2.05) is 0 Å². The molecular formula is C55H37N. The van der Waals surface area contributed by atoms with E-state index < -0.39 is 5.41 Å². The molecule has 0 aliphatic heterocycles. The number of allylic oxidation sites excluding steroid dienone is 4. The lowest BCUT2D eigenvalue weighted by atomic mass is 9.67. The Morgan fingerprint density at radius 2 is 0.982 bits per heavy atom. The van der Waals surface area contributed by atoms with Crippen molar-refractivity contribution in [1.29, 1.82) is 0 Å². The van der Waals surface area contributed by atoms with Gasteiger partial charge >= 0.3 is 0 Å². The van der Waals surface area contributed by atoms with Crippen molar-refractivity contribution in [3.8, 4) is 33.4 Å². The van der Waals surface area contributed by atoms with E-state index in [4.69, 9.17) is 0 Å². The van der Waals surface area contributed by atoms with Crippen LogP contribution in [0.25, 0.3) is 39.0 Å². The van der Waals surface area contributed by atoms with Gasteiger partial charge in [-0.3, -0.25) is 0 Å². The Balaban J connectivity index is 1.12. The van der Waals surface area contributed by atoms with Crippen molar-refractivity contribution in [2.24, 2.45) is 0 Å². The maximum Gasteiger partial charge on any atom is 0.0714 e. The van der Waals surface area contributed by atoms with Crippen LogP contribution in [-0.4, -0.2) is 0 Å². The van der Waals surface area contributed by atoms with E-state index >= 15 is 0 Å². The van der Waals surface area contributed by atoms with E-state index in [1.165, 1.54) is 77.9 Å². The van der Waals surface area contributed by atoms with E-state index in [0.29, 0.717) is 0 Å². The van der Waals surface area contributed by atoms with E-state index in [-0.39, 0.29) is 11.8 Å². The molecule has 0 radical (unpaired) electrons. The molecule has 0 amide bonds. The maximum atomic E-state index is 2.47. The summed E-state index contributed by atoms with van der Waals surface area (Å²) in [6, 6.07) is 72.5. The normalized spacial score (nSPS) is 17.1. The molecule has 8 aromatic carbocycles.